The van der Waals surface area contributed by atoms with Crippen LogP contribution in [0.4, 0.5) is 11.4 Å². The van der Waals surface area contributed by atoms with E-state index in [1.807, 2.05) is 68.6 Å². The quantitative estimate of drug-likeness (QED) is 0.404. The number of benzene rings is 4. The number of carbonyl (C=O) groups is 1. The molecule has 0 spiro atoms. The number of carbonyl (C=O) groups excluding carboxylic acids is 1. The van der Waals surface area contributed by atoms with Crippen molar-refractivity contribution in [3.63, 3.8) is 0 Å². The minimum absolute atomic E-state index is 0.193. The average Bonchev–Trinajstić information content (AvgIpc) is 2.86. The molecule has 4 aromatic carbocycles. The van der Waals surface area contributed by atoms with Gasteiger partial charge in [0.25, 0.3) is 5.91 Å². The van der Waals surface area contributed by atoms with Crippen molar-refractivity contribution in [1.82, 2.24) is 4.72 Å². The number of sulfonamides is 1. The van der Waals surface area contributed by atoms with Gasteiger partial charge in [-0.3, -0.25) is 4.79 Å². The molecule has 0 saturated carbocycles. The minimum atomic E-state index is -3.83. The van der Waals surface area contributed by atoms with Crippen LogP contribution in [0.15, 0.2) is 89.8 Å². The number of rotatable bonds is 5. The van der Waals surface area contributed by atoms with Crippen LogP contribution < -0.4 is 14.9 Å². The van der Waals surface area contributed by atoms with E-state index in [1.54, 1.807) is 30.3 Å². The summed E-state index contributed by atoms with van der Waals surface area (Å²) in [6.07, 6.45) is 0.676. The van der Waals surface area contributed by atoms with Crippen LogP contribution >= 0.6 is 0 Å². The zero-order chi connectivity index (χ0) is 24.6. The molecule has 1 amide bonds. The van der Waals surface area contributed by atoms with Gasteiger partial charge >= 0.3 is 0 Å². The number of hydrogen-bond acceptors (Lipinski definition) is 4. The minimum Gasteiger partial charge on any atom is -0.374 e. The van der Waals surface area contributed by atoms with Gasteiger partial charge in [0.1, 0.15) is 0 Å². The lowest BCUT2D eigenvalue weighted by molar-refractivity contribution is 0.102. The molecule has 1 unspecified atom stereocenters. The molecule has 178 valence electrons. The Kier molecular flexibility index (Phi) is 6.05. The number of aryl methyl sites for hydroxylation is 1. The maximum absolute atomic E-state index is 13.6. The zero-order valence-corrected chi connectivity index (χ0v) is 20.5. The third-order valence-corrected chi connectivity index (χ3v) is 8.12. The van der Waals surface area contributed by atoms with E-state index in [-0.39, 0.29) is 16.8 Å². The van der Waals surface area contributed by atoms with Gasteiger partial charge in [0.15, 0.2) is 0 Å². The van der Waals surface area contributed by atoms with E-state index >= 15 is 0 Å². The summed E-state index contributed by atoms with van der Waals surface area (Å²) in [5.74, 6) is -0.232. The van der Waals surface area contributed by atoms with Gasteiger partial charge in [0.2, 0.25) is 10.0 Å². The molecule has 7 heteroatoms. The van der Waals surface area contributed by atoms with E-state index in [2.05, 4.69) is 14.9 Å². The number of para-hydroxylation sites is 1. The van der Waals surface area contributed by atoms with Gasteiger partial charge in [0.05, 0.1) is 10.9 Å². The van der Waals surface area contributed by atoms with Crippen LogP contribution in [0, 0.1) is 6.92 Å². The van der Waals surface area contributed by atoms with E-state index in [9.17, 15) is 13.2 Å². The molecule has 1 atom stereocenters. The molecule has 0 fully saturated rings. The fourth-order valence-electron chi connectivity index (χ4n) is 4.73. The van der Waals surface area contributed by atoms with Crippen molar-refractivity contribution in [2.45, 2.75) is 24.3 Å². The Hall–Kier alpha value is -3.68. The Morgan fingerprint density at radius 3 is 2.37 bits per heavy atom. The van der Waals surface area contributed by atoms with Gasteiger partial charge in [-0.1, -0.05) is 60.7 Å². The predicted octanol–water partition coefficient (Wildman–Crippen LogP) is 5.26. The van der Waals surface area contributed by atoms with E-state index in [1.165, 1.54) is 0 Å². The summed E-state index contributed by atoms with van der Waals surface area (Å²) in [7, 11) is -1.82. The first kappa shape index (κ1) is 23.1. The first-order valence-corrected chi connectivity index (χ1v) is 13.0. The summed E-state index contributed by atoms with van der Waals surface area (Å²) in [5, 5.41) is 4.19. The summed E-state index contributed by atoms with van der Waals surface area (Å²) in [6, 6.07) is 25.4. The zero-order valence-electron chi connectivity index (χ0n) is 19.7. The molecule has 0 aromatic heterocycles. The van der Waals surface area contributed by atoms with Crippen LogP contribution in [0.5, 0.6) is 0 Å². The fraction of sp³-hybridized carbons (Fsp3) is 0.179. The van der Waals surface area contributed by atoms with Crippen molar-refractivity contribution in [3.8, 4) is 0 Å². The molecule has 1 heterocycles. The van der Waals surface area contributed by atoms with E-state index in [4.69, 9.17) is 0 Å². The Labute approximate surface area is 205 Å². The normalized spacial score (nSPS) is 15.6. The molecule has 1 aliphatic heterocycles. The average molecular weight is 486 g/mol. The molecular formula is C28H27N3O3S. The summed E-state index contributed by atoms with van der Waals surface area (Å²) < 4.78 is 30.1. The fourth-order valence-corrected chi connectivity index (χ4v) is 6.19. The highest BCUT2D eigenvalue weighted by molar-refractivity contribution is 7.89. The van der Waals surface area contributed by atoms with Crippen molar-refractivity contribution in [2.75, 3.05) is 23.8 Å². The number of hydrogen-bond donors (Lipinski definition) is 2. The van der Waals surface area contributed by atoms with Crippen LogP contribution in [0.25, 0.3) is 10.8 Å². The Balaban J connectivity index is 1.49. The molecule has 6 nitrogen and oxygen atoms in total. The van der Waals surface area contributed by atoms with Crippen LogP contribution in [0.3, 0.4) is 0 Å². The third kappa shape index (κ3) is 4.40. The topological polar surface area (TPSA) is 78.5 Å². The lowest BCUT2D eigenvalue weighted by Gasteiger charge is -2.33. The lowest BCUT2D eigenvalue weighted by Crippen LogP contribution is -2.36. The van der Waals surface area contributed by atoms with Crippen molar-refractivity contribution >= 4 is 38.1 Å². The van der Waals surface area contributed by atoms with Gasteiger partial charge in [-0.15, -0.1) is 0 Å². The number of anilines is 2. The van der Waals surface area contributed by atoms with Gasteiger partial charge in [-0.05, 0) is 48.7 Å². The SMILES string of the molecule is Cc1ccccc1C(=O)Nc1ccc(S(=O)(=O)NC2CCN(C)c3ccccc32)c2ccccc12. The largest absolute Gasteiger partial charge is 0.374 e. The second-order valence-electron chi connectivity index (χ2n) is 8.87. The maximum atomic E-state index is 13.6. The summed E-state index contributed by atoms with van der Waals surface area (Å²) in [4.78, 5) is 15.3. The molecule has 35 heavy (non-hydrogen) atoms. The summed E-state index contributed by atoms with van der Waals surface area (Å²) >= 11 is 0. The molecule has 4 aromatic rings. The van der Waals surface area contributed by atoms with E-state index in [0.29, 0.717) is 28.4 Å². The molecule has 1 aliphatic rings. The lowest BCUT2D eigenvalue weighted by atomic mass is 9.98. The molecular weight excluding hydrogens is 458 g/mol. The van der Waals surface area contributed by atoms with Crippen molar-refractivity contribution < 1.29 is 13.2 Å². The van der Waals surface area contributed by atoms with Crippen LogP contribution in [-0.4, -0.2) is 27.9 Å². The second-order valence-corrected chi connectivity index (χ2v) is 10.6. The number of nitrogens with one attached hydrogen (secondary N) is 2. The highest BCUT2D eigenvalue weighted by Gasteiger charge is 2.28. The van der Waals surface area contributed by atoms with Crippen LogP contribution in [0.1, 0.15) is 33.9 Å². The van der Waals surface area contributed by atoms with Gasteiger partial charge in [0, 0.05) is 41.3 Å². The molecule has 0 saturated heterocycles. The first-order chi connectivity index (χ1) is 16.8. The van der Waals surface area contributed by atoms with Crippen molar-refractivity contribution in [2.24, 2.45) is 0 Å². The first-order valence-electron chi connectivity index (χ1n) is 11.6. The third-order valence-electron chi connectivity index (χ3n) is 6.59. The molecule has 0 aliphatic carbocycles. The Bertz CT molecular complexity index is 1530. The Morgan fingerprint density at radius 1 is 0.886 bits per heavy atom. The van der Waals surface area contributed by atoms with Crippen molar-refractivity contribution in [1.29, 1.82) is 0 Å². The molecule has 0 radical (unpaired) electrons. The number of nitrogens with zero attached hydrogens (tertiary/aromatic N) is 1. The second kappa shape index (κ2) is 9.17. The maximum Gasteiger partial charge on any atom is 0.255 e. The summed E-state index contributed by atoms with van der Waals surface area (Å²) in [6.45, 7) is 2.64. The van der Waals surface area contributed by atoms with Crippen LogP contribution in [-0.2, 0) is 10.0 Å². The van der Waals surface area contributed by atoms with Gasteiger partial charge in [-0.2, -0.15) is 0 Å². The van der Waals surface area contributed by atoms with E-state index in [0.717, 1.165) is 23.4 Å². The Morgan fingerprint density at radius 2 is 1.57 bits per heavy atom. The monoisotopic (exact) mass is 485 g/mol. The van der Waals surface area contributed by atoms with E-state index < -0.39 is 10.0 Å². The van der Waals surface area contributed by atoms with Crippen molar-refractivity contribution in [3.05, 3.63) is 102 Å². The molecule has 2 N–H and O–H groups in total. The van der Waals surface area contributed by atoms with Gasteiger partial charge < -0.3 is 10.2 Å². The number of fused-ring (bicyclic) bond motifs is 2. The highest BCUT2D eigenvalue weighted by Crippen LogP contribution is 2.35. The van der Waals surface area contributed by atoms with Gasteiger partial charge in [-0.25, -0.2) is 13.1 Å². The summed E-state index contributed by atoms with van der Waals surface area (Å²) in [5.41, 5.74) is 4.02. The predicted molar refractivity (Wildman–Crippen MR) is 140 cm³/mol. The molecule has 5 rings (SSSR count). The number of amides is 1. The standard InChI is InChI=1S/C28H27N3O3S/c1-19-9-3-4-10-20(19)28(32)29-24-15-16-27(22-12-6-5-11-21(22)24)35(33,34)30-25-17-18-31(2)26-14-8-7-13-23(25)26/h3-16,25,30H,17-18H2,1-2H3,(H,29,32). The smallest absolute Gasteiger partial charge is 0.255 e. The van der Waals surface area contributed by atoms with Crippen LogP contribution in [0.2, 0.25) is 0 Å². The highest BCUT2D eigenvalue weighted by atomic mass is 32.2. The molecule has 0 bridgehead atoms.